The Hall–Kier alpha value is -1.95. The maximum atomic E-state index is 12.1. The molecular weight excluding hydrogens is 310 g/mol. The standard InChI is InChI=1S/C18H27NO5/c1-17(2,3)24-16(20)19-10-8-18(21,9-11-19)14-7-6-13(22-4)12-15(14)23-5/h6-7,12,21H,8-11H2,1-5H3. The van der Waals surface area contributed by atoms with Crippen LogP contribution in [0.25, 0.3) is 0 Å². The largest absolute Gasteiger partial charge is 0.497 e. The summed E-state index contributed by atoms with van der Waals surface area (Å²) in [6.07, 6.45) is 0.510. The van der Waals surface area contributed by atoms with Crippen LogP contribution >= 0.6 is 0 Å². The number of methoxy groups -OCH3 is 2. The zero-order valence-corrected chi connectivity index (χ0v) is 15.1. The fourth-order valence-corrected chi connectivity index (χ4v) is 2.84. The summed E-state index contributed by atoms with van der Waals surface area (Å²) in [7, 11) is 3.15. The monoisotopic (exact) mass is 337 g/mol. The lowest BCUT2D eigenvalue weighted by molar-refractivity contribution is -0.0367. The molecule has 0 saturated carbocycles. The van der Waals surface area contributed by atoms with Crippen LogP contribution in [-0.2, 0) is 10.3 Å². The third kappa shape index (κ3) is 4.12. The number of piperidine rings is 1. The lowest BCUT2D eigenvalue weighted by Crippen LogP contribution is -2.46. The van der Waals surface area contributed by atoms with E-state index < -0.39 is 11.2 Å². The van der Waals surface area contributed by atoms with Gasteiger partial charge in [0.2, 0.25) is 0 Å². The van der Waals surface area contributed by atoms with E-state index in [1.807, 2.05) is 26.8 Å². The molecule has 1 heterocycles. The molecule has 0 unspecified atom stereocenters. The van der Waals surface area contributed by atoms with Crippen LogP contribution in [0.15, 0.2) is 18.2 Å². The molecule has 0 bridgehead atoms. The van der Waals surface area contributed by atoms with Crippen LogP contribution in [-0.4, -0.2) is 49.0 Å². The van der Waals surface area contributed by atoms with Crippen molar-refractivity contribution in [3.8, 4) is 11.5 Å². The van der Waals surface area contributed by atoms with E-state index in [0.29, 0.717) is 37.4 Å². The van der Waals surface area contributed by atoms with E-state index in [1.165, 1.54) is 0 Å². The van der Waals surface area contributed by atoms with Gasteiger partial charge in [-0.05, 0) is 45.7 Å². The molecule has 1 amide bonds. The van der Waals surface area contributed by atoms with E-state index in [-0.39, 0.29) is 6.09 Å². The fourth-order valence-electron chi connectivity index (χ4n) is 2.84. The number of amides is 1. The summed E-state index contributed by atoms with van der Waals surface area (Å²) in [4.78, 5) is 13.8. The van der Waals surface area contributed by atoms with Crippen molar-refractivity contribution in [3.05, 3.63) is 23.8 Å². The molecular formula is C18H27NO5. The minimum absolute atomic E-state index is 0.341. The van der Waals surface area contributed by atoms with Crippen molar-refractivity contribution in [1.82, 2.24) is 4.90 Å². The van der Waals surface area contributed by atoms with Gasteiger partial charge in [-0.15, -0.1) is 0 Å². The van der Waals surface area contributed by atoms with Gasteiger partial charge in [-0.1, -0.05) is 0 Å². The Morgan fingerprint density at radius 1 is 1.17 bits per heavy atom. The summed E-state index contributed by atoms with van der Waals surface area (Å²) in [5, 5.41) is 11.1. The van der Waals surface area contributed by atoms with E-state index in [4.69, 9.17) is 14.2 Å². The van der Waals surface area contributed by atoms with E-state index in [0.717, 1.165) is 5.56 Å². The summed E-state index contributed by atoms with van der Waals surface area (Å²) in [6.45, 7) is 6.38. The Morgan fingerprint density at radius 3 is 2.29 bits per heavy atom. The summed E-state index contributed by atoms with van der Waals surface area (Å²) in [6, 6.07) is 5.38. The number of carbonyl (C=O) groups excluding carboxylic acids is 1. The minimum Gasteiger partial charge on any atom is -0.497 e. The minimum atomic E-state index is -1.03. The quantitative estimate of drug-likeness (QED) is 0.918. The maximum Gasteiger partial charge on any atom is 0.410 e. The number of hydrogen-bond donors (Lipinski definition) is 1. The lowest BCUT2D eigenvalue weighted by atomic mass is 9.84. The highest BCUT2D eigenvalue weighted by Crippen LogP contribution is 2.39. The van der Waals surface area contributed by atoms with Crippen LogP contribution in [0, 0.1) is 0 Å². The van der Waals surface area contributed by atoms with E-state index in [9.17, 15) is 9.90 Å². The molecule has 24 heavy (non-hydrogen) atoms. The first-order chi connectivity index (χ1) is 11.2. The van der Waals surface area contributed by atoms with Gasteiger partial charge < -0.3 is 24.2 Å². The molecule has 0 aromatic heterocycles. The molecule has 1 aliphatic heterocycles. The Morgan fingerprint density at radius 2 is 1.79 bits per heavy atom. The first-order valence-electron chi connectivity index (χ1n) is 8.11. The van der Waals surface area contributed by atoms with Crippen molar-refractivity contribution in [3.63, 3.8) is 0 Å². The molecule has 1 N–H and O–H groups in total. The number of rotatable bonds is 3. The molecule has 1 aromatic rings. The molecule has 2 rings (SSSR count). The van der Waals surface area contributed by atoms with Gasteiger partial charge >= 0.3 is 6.09 Å². The van der Waals surface area contributed by atoms with Crippen LogP contribution in [0.1, 0.15) is 39.2 Å². The van der Waals surface area contributed by atoms with Crippen molar-refractivity contribution < 1.29 is 24.1 Å². The number of hydrogen-bond acceptors (Lipinski definition) is 5. The summed E-state index contributed by atoms with van der Waals surface area (Å²) < 4.78 is 16.0. The molecule has 0 atom stereocenters. The average molecular weight is 337 g/mol. The van der Waals surface area contributed by atoms with Crippen LogP contribution in [0.3, 0.4) is 0 Å². The maximum absolute atomic E-state index is 12.1. The van der Waals surface area contributed by atoms with E-state index >= 15 is 0 Å². The van der Waals surface area contributed by atoms with Gasteiger partial charge in [0, 0.05) is 24.7 Å². The number of ether oxygens (including phenoxy) is 3. The van der Waals surface area contributed by atoms with E-state index in [1.54, 1.807) is 31.3 Å². The second kappa shape index (κ2) is 6.89. The molecule has 0 spiro atoms. The van der Waals surface area contributed by atoms with Gasteiger partial charge in [-0.25, -0.2) is 4.79 Å². The number of aliphatic hydroxyl groups is 1. The predicted molar refractivity (Wildman–Crippen MR) is 90.5 cm³/mol. The van der Waals surface area contributed by atoms with Crippen molar-refractivity contribution in [2.24, 2.45) is 0 Å². The third-order valence-corrected chi connectivity index (χ3v) is 4.15. The van der Waals surface area contributed by atoms with Gasteiger partial charge in [-0.2, -0.15) is 0 Å². The molecule has 1 saturated heterocycles. The Labute approximate surface area is 143 Å². The van der Waals surface area contributed by atoms with E-state index in [2.05, 4.69) is 0 Å². The first kappa shape index (κ1) is 18.4. The fraction of sp³-hybridized carbons (Fsp3) is 0.611. The smallest absolute Gasteiger partial charge is 0.410 e. The van der Waals surface area contributed by atoms with Crippen LogP contribution in [0.4, 0.5) is 4.79 Å². The summed E-state index contributed by atoms with van der Waals surface area (Å²) in [5.74, 6) is 1.26. The van der Waals surface area contributed by atoms with Gasteiger partial charge in [-0.3, -0.25) is 0 Å². The predicted octanol–water partition coefficient (Wildman–Crippen LogP) is 2.92. The van der Waals surface area contributed by atoms with Gasteiger partial charge in [0.05, 0.1) is 19.8 Å². The van der Waals surface area contributed by atoms with Crippen molar-refractivity contribution in [2.45, 2.75) is 44.8 Å². The molecule has 0 aliphatic carbocycles. The zero-order valence-electron chi connectivity index (χ0n) is 15.1. The average Bonchev–Trinajstić information content (AvgIpc) is 2.53. The van der Waals surface area contributed by atoms with Crippen LogP contribution < -0.4 is 9.47 Å². The highest BCUT2D eigenvalue weighted by atomic mass is 16.6. The van der Waals surface area contributed by atoms with Crippen molar-refractivity contribution in [1.29, 1.82) is 0 Å². The second-order valence-corrected chi connectivity index (χ2v) is 7.07. The molecule has 1 aromatic carbocycles. The molecule has 6 nitrogen and oxygen atoms in total. The third-order valence-electron chi connectivity index (χ3n) is 4.15. The van der Waals surface area contributed by atoms with Crippen molar-refractivity contribution >= 4 is 6.09 Å². The lowest BCUT2D eigenvalue weighted by Gasteiger charge is -2.39. The Balaban J connectivity index is 2.11. The van der Waals surface area contributed by atoms with Gasteiger partial charge in [0.25, 0.3) is 0 Å². The molecule has 1 fully saturated rings. The van der Waals surface area contributed by atoms with Gasteiger partial charge in [0.15, 0.2) is 0 Å². The second-order valence-electron chi connectivity index (χ2n) is 7.07. The zero-order chi connectivity index (χ0) is 18.0. The molecule has 6 heteroatoms. The molecule has 0 radical (unpaired) electrons. The molecule has 1 aliphatic rings. The summed E-state index contributed by atoms with van der Waals surface area (Å²) in [5.41, 5.74) is -0.838. The first-order valence-corrected chi connectivity index (χ1v) is 8.11. The number of benzene rings is 1. The topological polar surface area (TPSA) is 68.2 Å². The summed E-state index contributed by atoms with van der Waals surface area (Å²) >= 11 is 0. The molecule has 134 valence electrons. The normalized spacial score (nSPS) is 17.3. The number of nitrogens with zero attached hydrogens (tertiary/aromatic N) is 1. The Kier molecular flexibility index (Phi) is 5.28. The highest BCUT2D eigenvalue weighted by molar-refractivity contribution is 5.68. The number of likely N-dealkylation sites (tertiary alicyclic amines) is 1. The van der Waals surface area contributed by atoms with Crippen molar-refractivity contribution in [2.75, 3.05) is 27.3 Å². The van der Waals surface area contributed by atoms with Crippen LogP contribution in [0.2, 0.25) is 0 Å². The Bertz CT molecular complexity index is 586. The number of carbonyl (C=O) groups is 1. The van der Waals surface area contributed by atoms with Gasteiger partial charge in [0.1, 0.15) is 17.1 Å². The SMILES string of the molecule is COc1ccc(C2(O)CCN(C(=O)OC(C)(C)C)CC2)c(OC)c1. The highest BCUT2D eigenvalue weighted by Gasteiger charge is 2.38. The van der Waals surface area contributed by atoms with Crippen LogP contribution in [0.5, 0.6) is 11.5 Å².